The van der Waals surface area contributed by atoms with Gasteiger partial charge in [0.05, 0.1) is 24.6 Å². The molecular formula is C40H31Cl3N4O2. The van der Waals surface area contributed by atoms with Crippen molar-refractivity contribution >= 4 is 46.9 Å². The molecule has 0 fully saturated rings. The summed E-state index contributed by atoms with van der Waals surface area (Å²) in [5.41, 5.74) is 11.6. The van der Waals surface area contributed by atoms with Crippen LogP contribution in [0.15, 0.2) is 146 Å². The molecule has 244 valence electrons. The normalized spacial score (nSPS) is 10.9. The lowest BCUT2D eigenvalue weighted by Crippen LogP contribution is -1.91. The Kier molecular flexibility index (Phi) is 10.4. The predicted octanol–water partition coefficient (Wildman–Crippen LogP) is 10.0. The van der Waals surface area contributed by atoms with Gasteiger partial charge in [0.1, 0.15) is 11.3 Å². The van der Waals surface area contributed by atoms with Gasteiger partial charge in [0, 0.05) is 46.0 Å². The van der Waals surface area contributed by atoms with E-state index in [1.54, 1.807) is 0 Å². The first-order valence-electron chi connectivity index (χ1n) is 15.4. The molecule has 4 heterocycles. The number of halogens is 3. The highest BCUT2D eigenvalue weighted by Gasteiger charge is 2.10. The summed E-state index contributed by atoms with van der Waals surface area (Å²) in [7, 11) is 0. The highest BCUT2D eigenvalue weighted by atomic mass is 35.5. The van der Waals surface area contributed by atoms with Crippen molar-refractivity contribution in [1.29, 1.82) is 0 Å². The molecule has 0 radical (unpaired) electrons. The molecule has 8 rings (SSSR count). The highest BCUT2D eigenvalue weighted by molar-refractivity contribution is 6.30. The lowest BCUT2D eigenvalue weighted by molar-refractivity contribution is 0.282. The van der Waals surface area contributed by atoms with Crippen molar-refractivity contribution in [2.45, 2.75) is 13.2 Å². The summed E-state index contributed by atoms with van der Waals surface area (Å²) in [6, 6.07) is 39.1. The zero-order chi connectivity index (χ0) is 33.0. The lowest BCUT2D eigenvalue weighted by atomic mass is 10.0. The molecule has 2 N–H and O–H groups in total. The van der Waals surface area contributed by atoms with E-state index in [-0.39, 0.29) is 25.6 Å². The van der Waals surface area contributed by atoms with E-state index in [4.69, 9.17) is 23.2 Å². The Morgan fingerprint density at radius 2 is 0.816 bits per heavy atom. The molecule has 49 heavy (non-hydrogen) atoms. The minimum atomic E-state index is 0. The average molecular weight is 706 g/mol. The molecular weight excluding hydrogens is 675 g/mol. The quantitative estimate of drug-likeness (QED) is 0.181. The molecule has 0 bridgehead atoms. The predicted molar refractivity (Wildman–Crippen MR) is 201 cm³/mol. The van der Waals surface area contributed by atoms with Crippen molar-refractivity contribution in [1.82, 2.24) is 18.8 Å². The third-order valence-electron chi connectivity index (χ3n) is 8.18. The van der Waals surface area contributed by atoms with Gasteiger partial charge in [0.2, 0.25) is 0 Å². The zero-order valence-electron chi connectivity index (χ0n) is 26.1. The van der Waals surface area contributed by atoms with Gasteiger partial charge in [-0.2, -0.15) is 0 Å². The number of fused-ring (bicyclic) bond motifs is 2. The first-order valence-corrected chi connectivity index (χ1v) is 16.1. The van der Waals surface area contributed by atoms with Crippen molar-refractivity contribution in [3.63, 3.8) is 0 Å². The van der Waals surface area contributed by atoms with Crippen molar-refractivity contribution < 1.29 is 10.2 Å². The Morgan fingerprint density at radius 1 is 0.449 bits per heavy atom. The maximum atomic E-state index is 9.54. The van der Waals surface area contributed by atoms with Crippen LogP contribution in [0.2, 0.25) is 10.0 Å². The molecule has 0 atom stereocenters. The molecule has 4 aromatic carbocycles. The number of hydrogen-bond acceptors (Lipinski definition) is 4. The van der Waals surface area contributed by atoms with E-state index >= 15 is 0 Å². The van der Waals surface area contributed by atoms with Crippen LogP contribution < -0.4 is 0 Å². The van der Waals surface area contributed by atoms with Crippen molar-refractivity contribution in [2.24, 2.45) is 0 Å². The number of rotatable bonds is 6. The summed E-state index contributed by atoms with van der Waals surface area (Å²) in [6.45, 7) is 0.0440. The number of imidazole rings is 2. The second-order valence-corrected chi connectivity index (χ2v) is 12.1. The second-order valence-electron chi connectivity index (χ2n) is 11.3. The van der Waals surface area contributed by atoms with Crippen LogP contribution in [0.3, 0.4) is 0 Å². The standard InChI is InChI=1S/2C20H15ClN2O.ClH/c2*21-17-8-5-14(6-9-17)19-12-23-11-15(7-10-20(23)22-19)18-4-2-1-3-16(18)13-24;/h2*1-12,24H,13H2;1H. The third-order valence-corrected chi connectivity index (χ3v) is 8.68. The van der Waals surface area contributed by atoms with Crippen LogP contribution in [0.5, 0.6) is 0 Å². The zero-order valence-corrected chi connectivity index (χ0v) is 28.4. The summed E-state index contributed by atoms with van der Waals surface area (Å²) >= 11 is 11.9. The summed E-state index contributed by atoms with van der Waals surface area (Å²) in [5.74, 6) is 0. The molecule has 0 saturated carbocycles. The number of aliphatic hydroxyl groups excluding tert-OH is 2. The van der Waals surface area contributed by atoms with Crippen LogP contribution in [0.25, 0.3) is 56.1 Å². The van der Waals surface area contributed by atoms with Crippen LogP contribution in [0.4, 0.5) is 0 Å². The number of benzene rings is 4. The largest absolute Gasteiger partial charge is 0.392 e. The van der Waals surface area contributed by atoms with Gasteiger partial charge in [-0.25, -0.2) is 9.97 Å². The fourth-order valence-corrected chi connectivity index (χ4v) is 5.95. The summed E-state index contributed by atoms with van der Waals surface area (Å²) in [5, 5.41) is 20.5. The van der Waals surface area contributed by atoms with Gasteiger partial charge in [-0.3, -0.25) is 0 Å². The van der Waals surface area contributed by atoms with E-state index in [1.165, 1.54) is 0 Å². The van der Waals surface area contributed by atoms with Gasteiger partial charge >= 0.3 is 0 Å². The van der Waals surface area contributed by atoms with Gasteiger partial charge in [-0.1, -0.05) is 96.0 Å². The van der Waals surface area contributed by atoms with Gasteiger partial charge in [-0.15, -0.1) is 12.4 Å². The topological polar surface area (TPSA) is 75.1 Å². The first kappa shape index (κ1) is 33.9. The molecule has 9 heteroatoms. The van der Waals surface area contributed by atoms with E-state index in [1.807, 2.05) is 155 Å². The van der Waals surface area contributed by atoms with Gasteiger partial charge in [-0.05, 0) is 81.9 Å². The smallest absolute Gasteiger partial charge is 0.137 e. The molecule has 0 aliphatic carbocycles. The number of hydrogen-bond donors (Lipinski definition) is 2. The minimum Gasteiger partial charge on any atom is -0.392 e. The molecule has 0 saturated heterocycles. The Bertz CT molecular complexity index is 2180. The molecule has 0 amide bonds. The average Bonchev–Trinajstić information content (AvgIpc) is 3.76. The van der Waals surface area contributed by atoms with Gasteiger partial charge in [0.25, 0.3) is 0 Å². The van der Waals surface area contributed by atoms with Gasteiger partial charge < -0.3 is 19.0 Å². The Balaban J connectivity index is 0.000000167. The number of nitrogens with zero attached hydrogens (tertiary/aromatic N) is 4. The highest BCUT2D eigenvalue weighted by Crippen LogP contribution is 2.28. The van der Waals surface area contributed by atoms with E-state index in [0.29, 0.717) is 10.0 Å². The molecule has 6 nitrogen and oxygen atoms in total. The van der Waals surface area contributed by atoms with E-state index in [0.717, 1.165) is 67.2 Å². The molecule has 0 unspecified atom stereocenters. The fourth-order valence-electron chi connectivity index (χ4n) is 5.70. The van der Waals surface area contributed by atoms with E-state index in [9.17, 15) is 10.2 Å². The maximum absolute atomic E-state index is 9.54. The number of aliphatic hydroxyl groups is 2. The van der Waals surface area contributed by atoms with E-state index in [2.05, 4.69) is 9.97 Å². The molecule has 4 aromatic heterocycles. The van der Waals surface area contributed by atoms with Crippen molar-refractivity contribution in [3.05, 3.63) is 167 Å². The Labute approximate surface area is 299 Å². The van der Waals surface area contributed by atoms with Crippen molar-refractivity contribution in [3.8, 4) is 44.8 Å². The van der Waals surface area contributed by atoms with Crippen LogP contribution in [-0.4, -0.2) is 29.0 Å². The molecule has 0 spiro atoms. The Hall–Kier alpha value is -4.95. The minimum absolute atomic E-state index is 0. The fraction of sp³-hybridized carbons (Fsp3) is 0.0500. The maximum Gasteiger partial charge on any atom is 0.137 e. The van der Waals surface area contributed by atoms with Gasteiger partial charge in [0.15, 0.2) is 0 Å². The van der Waals surface area contributed by atoms with Crippen LogP contribution >= 0.6 is 35.6 Å². The van der Waals surface area contributed by atoms with E-state index < -0.39 is 0 Å². The van der Waals surface area contributed by atoms with Crippen molar-refractivity contribution in [2.75, 3.05) is 0 Å². The first-order chi connectivity index (χ1) is 23.5. The summed E-state index contributed by atoms with van der Waals surface area (Å²) < 4.78 is 4.01. The molecule has 8 aromatic rings. The Morgan fingerprint density at radius 3 is 1.20 bits per heavy atom. The second kappa shape index (κ2) is 15.1. The third kappa shape index (κ3) is 7.39. The summed E-state index contributed by atoms with van der Waals surface area (Å²) in [6.07, 6.45) is 8.08. The molecule has 0 aliphatic heterocycles. The number of pyridine rings is 2. The van der Waals surface area contributed by atoms with Crippen LogP contribution in [0.1, 0.15) is 11.1 Å². The summed E-state index contributed by atoms with van der Waals surface area (Å²) in [4.78, 5) is 9.32. The lowest BCUT2D eigenvalue weighted by Gasteiger charge is -2.07. The van der Waals surface area contributed by atoms with Crippen LogP contribution in [0, 0.1) is 0 Å². The SMILES string of the molecule is Cl.OCc1ccccc1-c1ccc2nc(-c3ccc(Cl)cc3)cn2c1.OCc1ccccc1-c1ccc2nc(-c3ccc(Cl)cc3)cn2c1. The monoisotopic (exact) mass is 704 g/mol. The number of aromatic nitrogens is 4. The van der Waals surface area contributed by atoms with Crippen LogP contribution in [-0.2, 0) is 13.2 Å². The molecule has 0 aliphatic rings.